The summed E-state index contributed by atoms with van der Waals surface area (Å²) < 4.78 is 11.9. The summed E-state index contributed by atoms with van der Waals surface area (Å²) >= 11 is 3.49. The van der Waals surface area contributed by atoms with Crippen LogP contribution in [-0.2, 0) is 4.74 Å². The summed E-state index contributed by atoms with van der Waals surface area (Å²) in [6.45, 7) is 8.45. The van der Waals surface area contributed by atoms with Crippen LogP contribution in [-0.4, -0.2) is 49.9 Å². The van der Waals surface area contributed by atoms with Crippen LogP contribution in [0.25, 0.3) is 0 Å². The van der Waals surface area contributed by atoms with E-state index in [1.165, 1.54) is 0 Å². The van der Waals surface area contributed by atoms with E-state index in [4.69, 9.17) is 9.47 Å². The van der Waals surface area contributed by atoms with Crippen molar-refractivity contribution in [1.29, 1.82) is 0 Å². The summed E-state index contributed by atoms with van der Waals surface area (Å²) in [6, 6.07) is 5.95. The minimum Gasteiger partial charge on any atom is -0.495 e. The third kappa shape index (κ3) is 4.29. The van der Waals surface area contributed by atoms with Crippen molar-refractivity contribution in [3.8, 4) is 5.75 Å². The van der Waals surface area contributed by atoms with E-state index in [2.05, 4.69) is 20.8 Å². The van der Waals surface area contributed by atoms with Gasteiger partial charge >= 0.3 is 6.09 Å². The smallest absolute Gasteiger partial charge is 0.410 e. The van der Waals surface area contributed by atoms with Gasteiger partial charge in [0.1, 0.15) is 11.4 Å². The van der Waals surface area contributed by atoms with Gasteiger partial charge in [-0.25, -0.2) is 4.79 Å². The highest BCUT2D eigenvalue weighted by atomic mass is 79.9. The molecule has 1 amide bonds. The lowest BCUT2D eigenvalue weighted by molar-refractivity contribution is 0.0240. The number of ether oxygens (including phenoxy) is 2. The molecule has 0 atom stereocenters. The number of carbonyl (C=O) groups is 1. The molecule has 0 N–H and O–H groups in total. The molecule has 5 nitrogen and oxygen atoms in total. The van der Waals surface area contributed by atoms with Gasteiger partial charge in [-0.3, -0.25) is 0 Å². The van der Waals surface area contributed by atoms with Crippen LogP contribution in [0.1, 0.15) is 20.8 Å². The van der Waals surface area contributed by atoms with Crippen molar-refractivity contribution in [2.24, 2.45) is 0 Å². The maximum Gasteiger partial charge on any atom is 0.410 e. The zero-order valence-corrected chi connectivity index (χ0v) is 15.1. The first-order valence-electron chi connectivity index (χ1n) is 7.36. The first kappa shape index (κ1) is 16.9. The predicted molar refractivity (Wildman–Crippen MR) is 90.7 cm³/mol. The lowest BCUT2D eigenvalue weighted by atomic mass is 10.2. The molecule has 0 aromatic heterocycles. The van der Waals surface area contributed by atoms with E-state index in [9.17, 15) is 4.79 Å². The minimum atomic E-state index is -0.457. The lowest BCUT2D eigenvalue weighted by Crippen LogP contribution is -2.50. The molecule has 0 spiro atoms. The van der Waals surface area contributed by atoms with E-state index < -0.39 is 5.60 Å². The molecule has 1 saturated heterocycles. The number of rotatable bonds is 2. The molecule has 0 aliphatic carbocycles. The fraction of sp³-hybridized carbons (Fsp3) is 0.562. The average Bonchev–Trinajstić information content (AvgIpc) is 2.45. The molecule has 1 aromatic rings. The van der Waals surface area contributed by atoms with E-state index in [1.807, 2.05) is 39.0 Å². The maximum atomic E-state index is 12.1. The molecule has 6 heteroatoms. The SMILES string of the molecule is COc1ccc(Br)cc1N1CCN(C(=O)OC(C)(C)C)CC1. The van der Waals surface area contributed by atoms with Gasteiger partial charge < -0.3 is 19.3 Å². The number of piperazine rings is 1. The highest BCUT2D eigenvalue weighted by Gasteiger charge is 2.26. The van der Waals surface area contributed by atoms with Crippen molar-refractivity contribution in [3.05, 3.63) is 22.7 Å². The summed E-state index contributed by atoms with van der Waals surface area (Å²) in [4.78, 5) is 16.1. The second kappa shape index (κ2) is 6.77. The number of methoxy groups -OCH3 is 1. The predicted octanol–water partition coefficient (Wildman–Crippen LogP) is 3.51. The molecule has 1 aliphatic heterocycles. The van der Waals surface area contributed by atoms with Crippen LogP contribution in [0.5, 0.6) is 5.75 Å². The van der Waals surface area contributed by atoms with Crippen molar-refractivity contribution in [2.45, 2.75) is 26.4 Å². The summed E-state index contributed by atoms with van der Waals surface area (Å²) in [7, 11) is 1.67. The molecule has 22 heavy (non-hydrogen) atoms. The molecule has 0 saturated carbocycles. The lowest BCUT2D eigenvalue weighted by Gasteiger charge is -2.37. The fourth-order valence-corrected chi connectivity index (χ4v) is 2.72. The summed E-state index contributed by atoms with van der Waals surface area (Å²) in [6.07, 6.45) is -0.242. The molecule has 0 unspecified atom stereocenters. The number of halogens is 1. The van der Waals surface area contributed by atoms with Gasteiger partial charge in [0.25, 0.3) is 0 Å². The quantitative estimate of drug-likeness (QED) is 0.798. The van der Waals surface area contributed by atoms with Gasteiger partial charge in [-0.05, 0) is 39.0 Å². The van der Waals surface area contributed by atoms with E-state index in [-0.39, 0.29) is 6.09 Å². The van der Waals surface area contributed by atoms with E-state index in [0.717, 1.165) is 29.0 Å². The van der Waals surface area contributed by atoms with Gasteiger partial charge in [0.05, 0.1) is 12.8 Å². The van der Waals surface area contributed by atoms with Crippen LogP contribution in [0.3, 0.4) is 0 Å². The molecular weight excluding hydrogens is 348 g/mol. The Balaban J connectivity index is 2.00. The Morgan fingerprint density at radius 3 is 2.36 bits per heavy atom. The van der Waals surface area contributed by atoms with Crippen molar-refractivity contribution in [3.63, 3.8) is 0 Å². The molecule has 0 radical (unpaired) electrons. The Hall–Kier alpha value is -1.43. The standard InChI is InChI=1S/C16H23BrN2O3/c1-16(2,3)22-15(20)19-9-7-18(8-10-19)13-11-12(17)5-6-14(13)21-4/h5-6,11H,7-10H2,1-4H3. The monoisotopic (exact) mass is 370 g/mol. The summed E-state index contributed by atoms with van der Waals surface area (Å²) in [5.41, 5.74) is 0.586. The number of benzene rings is 1. The summed E-state index contributed by atoms with van der Waals surface area (Å²) in [5, 5.41) is 0. The first-order valence-corrected chi connectivity index (χ1v) is 8.16. The molecule has 1 fully saturated rings. The number of hydrogen-bond acceptors (Lipinski definition) is 4. The van der Waals surface area contributed by atoms with E-state index in [1.54, 1.807) is 12.0 Å². The van der Waals surface area contributed by atoms with Crippen molar-refractivity contribution >= 4 is 27.7 Å². The van der Waals surface area contributed by atoms with Gasteiger partial charge in [-0.2, -0.15) is 0 Å². The summed E-state index contributed by atoms with van der Waals surface area (Å²) in [5.74, 6) is 0.842. The molecule has 1 heterocycles. The fourth-order valence-electron chi connectivity index (χ4n) is 2.37. The Kier molecular flexibility index (Phi) is 5.21. The van der Waals surface area contributed by atoms with Gasteiger partial charge in [0.15, 0.2) is 0 Å². The third-order valence-corrected chi connectivity index (χ3v) is 3.91. The second-order valence-electron chi connectivity index (χ2n) is 6.27. The number of amides is 1. The molecule has 122 valence electrons. The zero-order valence-electron chi connectivity index (χ0n) is 13.6. The zero-order chi connectivity index (χ0) is 16.3. The van der Waals surface area contributed by atoms with E-state index >= 15 is 0 Å². The maximum absolute atomic E-state index is 12.1. The Labute approximate surface area is 140 Å². The van der Waals surface area contributed by atoms with Gasteiger partial charge in [-0.15, -0.1) is 0 Å². The number of anilines is 1. The average molecular weight is 371 g/mol. The van der Waals surface area contributed by atoms with Crippen molar-refractivity contribution < 1.29 is 14.3 Å². The van der Waals surface area contributed by atoms with Crippen LogP contribution < -0.4 is 9.64 Å². The van der Waals surface area contributed by atoms with Crippen LogP contribution >= 0.6 is 15.9 Å². The molecule has 1 aliphatic rings. The van der Waals surface area contributed by atoms with Gasteiger partial charge in [-0.1, -0.05) is 15.9 Å². The molecule has 2 rings (SSSR count). The highest BCUT2D eigenvalue weighted by molar-refractivity contribution is 9.10. The highest BCUT2D eigenvalue weighted by Crippen LogP contribution is 2.32. The number of nitrogens with zero attached hydrogens (tertiary/aromatic N) is 2. The Morgan fingerprint density at radius 2 is 1.82 bits per heavy atom. The van der Waals surface area contributed by atoms with Crippen molar-refractivity contribution in [1.82, 2.24) is 4.90 Å². The number of carbonyl (C=O) groups excluding carboxylic acids is 1. The van der Waals surface area contributed by atoms with Crippen LogP contribution in [0.4, 0.5) is 10.5 Å². The van der Waals surface area contributed by atoms with E-state index in [0.29, 0.717) is 13.1 Å². The van der Waals surface area contributed by atoms with Gasteiger partial charge in [0, 0.05) is 30.7 Å². The minimum absolute atomic E-state index is 0.242. The van der Waals surface area contributed by atoms with Crippen LogP contribution in [0, 0.1) is 0 Å². The molecular formula is C16H23BrN2O3. The first-order chi connectivity index (χ1) is 10.3. The molecule has 1 aromatic carbocycles. The largest absolute Gasteiger partial charge is 0.495 e. The van der Waals surface area contributed by atoms with Crippen LogP contribution in [0.2, 0.25) is 0 Å². The topological polar surface area (TPSA) is 42.0 Å². The van der Waals surface area contributed by atoms with Gasteiger partial charge in [0.2, 0.25) is 0 Å². The van der Waals surface area contributed by atoms with Crippen molar-refractivity contribution in [2.75, 3.05) is 38.2 Å². The Bertz CT molecular complexity index is 535. The van der Waals surface area contributed by atoms with Crippen LogP contribution in [0.15, 0.2) is 22.7 Å². The molecule has 0 bridgehead atoms. The normalized spacial score (nSPS) is 15.7. The number of hydrogen-bond donors (Lipinski definition) is 0. The third-order valence-electron chi connectivity index (χ3n) is 3.41. The second-order valence-corrected chi connectivity index (χ2v) is 7.19. The Morgan fingerprint density at radius 1 is 1.18 bits per heavy atom.